The molecule has 106 valence electrons. The molecule has 1 fully saturated rings. The first-order valence-electron chi connectivity index (χ1n) is 6.72. The molecular formula is C14H18N4O2. The molecule has 1 unspecified atom stereocenters. The number of para-hydroxylation sites is 2. The van der Waals surface area contributed by atoms with Gasteiger partial charge in [0.05, 0.1) is 17.6 Å². The number of hydrogen-bond donors (Lipinski definition) is 2. The van der Waals surface area contributed by atoms with Crippen molar-refractivity contribution in [3.63, 3.8) is 0 Å². The molecule has 1 aromatic heterocycles. The van der Waals surface area contributed by atoms with Gasteiger partial charge in [-0.25, -0.2) is 4.98 Å². The van der Waals surface area contributed by atoms with Crippen LogP contribution >= 0.6 is 0 Å². The summed E-state index contributed by atoms with van der Waals surface area (Å²) in [6.45, 7) is 2.81. The van der Waals surface area contributed by atoms with Crippen LogP contribution in [0.5, 0.6) is 0 Å². The second-order valence-corrected chi connectivity index (χ2v) is 5.27. The number of benzene rings is 1. The van der Waals surface area contributed by atoms with Crippen molar-refractivity contribution in [3.05, 3.63) is 30.1 Å². The largest absolute Gasteiger partial charge is 0.480 e. The Bertz CT molecular complexity index is 591. The second kappa shape index (κ2) is 5.22. The molecule has 0 spiro atoms. The Morgan fingerprint density at radius 1 is 1.45 bits per heavy atom. The topological polar surface area (TPSA) is 72.5 Å². The maximum Gasteiger partial charge on any atom is 0.322 e. The van der Waals surface area contributed by atoms with Gasteiger partial charge in [-0.1, -0.05) is 12.1 Å². The minimum absolute atomic E-state index is 0.437. The molecule has 1 aliphatic heterocycles. The molecule has 2 heterocycles. The molecule has 6 nitrogen and oxygen atoms in total. The molecule has 1 aliphatic rings. The van der Waals surface area contributed by atoms with Crippen molar-refractivity contribution in [1.29, 1.82) is 0 Å². The number of nitrogens with one attached hydrogen (secondary N) is 1. The minimum Gasteiger partial charge on any atom is -0.480 e. The Kier molecular flexibility index (Phi) is 3.42. The van der Waals surface area contributed by atoms with E-state index < -0.39 is 12.0 Å². The van der Waals surface area contributed by atoms with Gasteiger partial charge in [0.25, 0.3) is 0 Å². The van der Waals surface area contributed by atoms with Gasteiger partial charge >= 0.3 is 5.97 Å². The number of carbonyl (C=O) groups is 1. The van der Waals surface area contributed by atoms with Crippen LogP contribution in [0.4, 0.5) is 0 Å². The third kappa shape index (κ3) is 2.52. The Balaban J connectivity index is 1.72. The fourth-order valence-corrected chi connectivity index (χ4v) is 2.63. The summed E-state index contributed by atoms with van der Waals surface area (Å²) >= 11 is 0. The molecular weight excluding hydrogens is 256 g/mol. The Morgan fingerprint density at radius 3 is 3.00 bits per heavy atom. The number of aromatic nitrogens is 2. The number of nitrogens with zero attached hydrogens (tertiary/aromatic N) is 3. The quantitative estimate of drug-likeness (QED) is 0.864. The van der Waals surface area contributed by atoms with Crippen LogP contribution in [-0.4, -0.2) is 63.6 Å². The molecule has 0 bridgehead atoms. The maximum absolute atomic E-state index is 11.2. The molecule has 1 saturated heterocycles. The molecule has 0 radical (unpaired) electrons. The van der Waals surface area contributed by atoms with Crippen molar-refractivity contribution in [3.8, 4) is 0 Å². The first kappa shape index (κ1) is 13.1. The molecule has 20 heavy (non-hydrogen) atoms. The van der Waals surface area contributed by atoms with Crippen LogP contribution in [-0.2, 0) is 11.3 Å². The molecule has 1 atom stereocenters. The van der Waals surface area contributed by atoms with Crippen molar-refractivity contribution in [2.24, 2.45) is 0 Å². The summed E-state index contributed by atoms with van der Waals surface area (Å²) < 4.78 is 0. The van der Waals surface area contributed by atoms with Crippen LogP contribution in [0.25, 0.3) is 11.0 Å². The molecule has 2 aromatic rings. The van der Waals surface area contributed by atoms with Crippen molar-refractivity contribution < 1.29 is 9.90 Å². The summed E-state index contributed by atoms with van der Waals surface area (Å²) in [5, 5.41) is 9.22. The van der Waals surface area contributed by atoms with Crippen LogP contribution in [0.1, 0.15) is 5.82 Å². The number of fused-ring (bicyclic) bond motifs is 1. The first-order chi connectivity index (χ1) is 9.63. The van der Waals surface area contributed by atoms with Crippen molar-refractivity contribution in [1.82, 2.24) is 19.8 Å². The lowest BCUT2D eigenvalue weighted by Gasteiger charge is -2.36. The van der Waals surface area contributed by atoms with Gasteiger partial charge in [-0.15, -0.1) is 0 Å². The van der Waals surface area contributed by atoms with E-state index in [1.165, 1.54) is 0 Å². The highest BCUT2D eigenvalue weighted by Gasteiger charge is 2.29. The van der Waals surface area contributed by atoms with Gasteiger partial charge in [0.1, 0.15) is 11.9 Å². The number of hydrogen-bond acceptors (Lipinski definition) is 4. The number of rotatable bonds is 3. The van der Waals surface area contributed by atoms with E-state index in [2.05, 4.69) is 14.9 Å². The summed E-state index contributed by atoms with van der Waals surface area (Å²) in [4.78, 5) is 23.1. The van der Waals surface area contributed by atoms with Crippen LogP contribution in [0.3, 0.4) is 0 Å². The first-order valence-corrected chi connectivity index (χ1v) is 6.72. The zero-order valence-corrected chi connectivity index (χ0v) is 11.4. The minimum atomic E-state index is -0.762. The average Bonchev–Trinajstić information content (AvgIpc) is 2.82. The third-order valence-electron chi connectivity index (χ3n) is 3.83. The highest BCUT2D eigenvalue weighted by atomic mass is 16.4. The number of carboxylic acid groups (broad SMARTS) is 1. The number of piperazine rings is 1. The number of likely N-dealkylation sites (N-methyl/N-ethyl adjacent to an activating group) is 1. The predicted octanol–water partition coefficient (Wildman–Crippen LogP) is 0.763. The van der Waals surface area contributed by atoms with E-state index >= 15 is 0 Å². The fraction of sp³-hybridized carbons (Fsp3) is 0.429. The molecule has 2 N–H and O–H groups in total. The van der Waals surface area contributed by atoms with E-state index in [0.29, 0.717) is 13.1 Å². The standard InChI is InChI=1S/C14H18N4O2/c1-17-6-7-18(8-12(17)14(19)20)9-13-15-10-4-2-3-5-11(10)16-13/h2-5,12H,6-9H2,1H3,(H,15,16)(H,19,20). The predicted molar refractivity (Wildman–Crippen MR) is 75.4 cm³/mol. The van der Waals surface area contributed by atoms with Crippen molar-refractivity contribution in [2.45, 2.75) is 12.6 Å². The number of carboxylic acids is 1. The van der Waals surface area contributed by atoms with Gasteiger partial charge in [0.15, 0.2) is 0 Å². The SMILES string of the molecule is CN1CCN(Cc2nc3ccccc3[nH]2)CC1C(=O)O. The highest BCUT2D eigenvalue weighted by Crippen LogP contribution is 2.14. The van der Waals surface area contributed by atoms with Crippen molar-refractivity contribution >= 4 is 17.0 Å². The van der Waals surface area contributed by atoms with Crippen LogP contribution in [0.15, 0.2) is 24.3 Å². The number of H-pyrrole nitrogens is 1. The lowest BCUT2D eigenvalue weighted by Crippen LogP contribution is -2.54. The summed E-state index contributed by atoms with van der Waals surface area (Å²) in [5.74, 6) is 0.127. The van der Waals surface area contributed by atoms with Gasteiger partial charge in [-0.3, -0.25) is 14.6 Å². The molecule has 6 heteroatoms. The molecule has 0 aliphatic carbocycles. The highest BCUT2D eigenvalue weighted by molar-refractivity contribution is 5.75. The summed E-state index contributed by atoms with van der Waals surface area (Å²) in [7, 11) is 1.86. The Labute approximate surface area is 117 Å². The lowest BCUT2D eigenvalue weighted by molar-refractivity contribution is -0.145. The van der Waals surface area contributed by atoms with Gasteiger partial charge in [0, 0.05) is 19.6 Å². The van der Waals surface area contributed by atoms with E-state index in [1.54, 1.807) is 0 Å². The van der Waals surface area contributed by atoms with Gasteiger partial charge in [-0.05, 0) is 19.2 Å². The lowest BCUT2D eigenvalue weighted by atomic mass is 10.2. The third-order valence-corrected chi connectivity index (χ3v) is 3.83. The van der Waals surface area contributed by atoms with Crippen molar-refractivity contribution in [2.75, 3.05) is 26.7 Å². The molecule has 1 aromatic carbocycles. The molecule has 0 amide bonds. The zero-order valence-electron chi connectivity index (χ0n) is 11.4. The monoisotopic (exact) mass is 274 g/mol. The van der Waals surface area contributed by atoms with E-state index in [9.17, 15) is 9.90 Å². The summed E-state index contributed by atoms with van der Waals surface area (Å²) in [6.07, 6.45) is 0. The van der Waals surface area contributed by atoms with Gasteiger partial charge < -0.3 is 10.1 Å². The normalized spacial score (nSPS) is 21.4. The van der Waals surface area contributed by atoms with Crippen LogP contribution in [0, 0.1) is 0 Å². The zero-order chi connectivity index (χ0) is 14.1. The van der Waals surface area contributed by atoms with E-state index in [-0.39, 0.29) is 0 Å². The number of imidazole rings is 1. The average molecular weight is 274 g/mol. The van der Waals surface area contributed by atoms with Crippen LogP contribution in [0.2, 0.25) is 0 Å². The van der Waals surface area contributed by atoms with Gasteiger partial charge in [-0.2, -0.15) is 0 Å². The molecule has 3 rings (SSSR count). The number of aromatic amines is 1. The number of aliphatic carboxylic acids is 1. The van der Waals surface area contributed by atoms with Gasteiger partial charge in [0.2, 0.25) is 0 Å². The summed E-state index contributed by atoms with van der Waals surface area (Å²) in [5.41, 5.74) is 1.97. The Morgan fingerprint density at radius 2 is 2.25 bits per heavy atom. The van der Waals surface area contributed by atoms with E-state index in [1.807, 2.05) is 36.2 Å². The Hall–Kier alpha value is -1.92. The fourth-order valence-electron chi connectivity index (χ4n) is 2.63. The second-order valence-electron chi connectivity index (χ2n) is 5.27. The van der Waals surface area contributed by atoms with E-state index in [0.717, 1.165) is 29.9 Å². The smallest absolute Gasteiger partial charge is 0.322 e. The van der Waals surface area contributed by atoms with Crippen LogP contribution < -0.4 is 0 Å². The molecule has 0 saturated carbocycles. The van der Waals surface area contributed by atoms with E-state index in [4.69, 9.17) is 0 Å². The maximum atomic E-state index is 11.2. The summed E-state index contributed by atoms with van der Waals surface area (Å²) in [6, 6.07) is 7.46.